The van der Waals surface area contributed by atoms with Crippen LogP contribution in [0, 0.1) is 5.82 Å². The van der Waals surface area contributed by atoms with Crippen molar-refractivity contribution in [1.29, 1.82) is 0 Å². The van der Waals surface area contributed by atoms with Gasteiger partial charge in [0.25, 0.3) is 10.0 Å². The molecule has 0 saturated heterocycles. The number of anilines is 1. The van der Waals surface area contributed by atoms with Gasteiger partial charge in [-0.15, -0.1) is 11.3 Å². The van der Waals surface area contributed by atoms with E-state index in [9.17, 15) is 12.8 Å². The monoisotopic (exact) mass is 518 g/mol. The molecule has 0 saturated carbocycles. The molecule has 158 valence electrons. The van der Waals surface area contributed by atoms with Gasteiger partial charge in [-0.3, -0.25) is 4.72 Å². The molecule has 5 nitrogen and oxygen atoms in total. The third-order valence-corrected chi connectivity index (χ3v) is 7.23. The molecule has 3 aromatic carbocycles. The molecule has 0 radical (unpaired) electrons. The Bertz CT molecular complexity index is 1360. The number of hydrogen-bond acceptors (Lipinski definition) is 5. The predicted octanol–water partition coefficient (Wildman–Crippen LogP) is 6.19. The number of thiazole rings is 1. The van der Waals surface area contributed by atoms with Gasteiger partial charge in [0.1, 0.15) is 21.5 Å². The fraction of sp³-hybridized carbons (Fsp3) is 0.0455. The number of ether oxygens (including phenoxy) is 1. The Kier molecular flexibility index (Phi) is 6.08. The van der Waals surface area contributed by atoms with Crippen LogP contribution in [-0.4, -0.2) is 20.5 Å². The van der Waals surface area contributed by atoms with Crippen molar-refractivity contribution in [3.8, 4) is 27.6 Å². The van der Waals surface area contributed by atoms with Crippen molar-refractivity contribution < 1.29 is 17.5 Å². The van der Waals surface area contributed by atoms with E-state index >= 15 is 0 Å². The predicted molar refractivity (Wildman–Crippen MR) is 124 cm³/mol. The van der Waals surface area contributed by atoms with Crippen molar-refractivity contribution in [2.75, 3.05) is 11.8 Å². The van der Waals surface area contributed by atoms with E-state index in [-0.39, 0.29) is 16.5 Å². The minimum atomic E-state index is -3.95. The largest absolute Gasteiger partial charge is 0.495 e. The van der Waals surface area contributed by atoms with Crippen LogP contribution in [0.5, 0.6) is 5.75 Å². The van der Waals surface area contributed by atoms with Crippen molar-refractivity contribution in [3.05, 3.63) is 82.4 Å². The molecule has 0 unspecified atom stereocenters. The van der Waals surface area contributed by atoms with Gasteiger partial charge in [0.05, 0.1) is 18.5 Å². The molecule has 0 spiro atoms. The highest BCUT2D eigenvalue weighted by Crippen LogP contribution is 2.35. The van der Waals surface area contributed by atoms with Gasteiger partial charge in [0.2, 0.25) is 0 Å². The summed E-state index contributed by atoms with van der Waals surface area (Å²) in [6.07, 6.45) is 0. The Morgan fingerprint density at radius 2 is 1.74 bits per heavy atom. The second-order valence-corrected chi connectivity index (χ2v) is 9.89. The first-order chi connectivity index (χ1) is 14.9. The van der Waals surface area contributed by atoms with E-state index in [4.69, 9.17) is 4.74 Å². The lowest BCUT2D eigenvalue weighted by Gasteiger charge is -2.14. The molecular formula is C22H16BrFN2O3S2. The second kappa shape index (κ2) is 8.78. The topological polar surface area (TPSA) is 68.3 Å². The fourth-order valence-electron chi connectivity index (χ4n) is 3.01. The quantitative estimate of drug-likeness (QED) is 0.330. The minimum Gasteiger partial charge on any atom is -0.495 e. The molecule has 0 amide bonds. The molecule has 0 atom stereocenters. The molecule has 1 N–H and O–H groups in total. The highest BCUT2D eigenvalue weighted by molar-refractivity contribution is 9.10. The van der Waals surface area contributed by atoms with Crippen LogP contribution >= 0.6 is 27.3 Å². The summed E-state index contributed by atoms with van der Waals surface area (Å²) in [5.74, 6) is -0.136. The Balaban J connectivity index is 1.73. The van der Waals surface area contributed by atoms with Gasteiger partial charge in [-0.05, 0) is 36.4 Å². The van der Waals surface area contributed by atoms with Crippen LogP contribution in [0.15, 0.2) is 81.5 Å². The van der Waals surface area contributed by atoms with Gasteiger partial charge < -0.3 is 4.74 Å². The summed E-state index contributed by atoms with van der Waals surface area (Å²) >= 11 is 4.59. The number of benzene rings is 3. The number of aromatic nitrogens is 1. The van der Waals surface area contributed by atoms with Crippen molar-refractivity contribution in [2.24, 2.45) is 0 Å². The van der Waals surface area contributed by atoms with Gasteiger partial charge >= 0.3 is 0 Å². The Morgan fingerprint density at radius 1 is 1.03 bits per heavy atom. The standard InChI is InChI=1S/C22H16BrFN2O3S2/c1-29-20-11-10-14(23)12-21(20)31(27,28)26-18-9-5-3-7-16(18)19-13-30-22(25-19)15-6-2-4-8-17(15)24/h2-13,26H,1H3. The van der Waals surface area contributed by atoms with Crippen LogP contribution in [0.1, 0.15) is 0 Å². The number of halogens is 2. The first-order valence-corrected chi connectivity index (χ1v) is 12.2. The summed E-state index contributed by atoms with van der Waals surface area (Å²) in [5, 5.41) is 2.29. The Labute approximate surface area is 191 Å². The van der Waals surface area contributed by atoms with Gasteiger partial charge in [0, 0.05) is 21.0 Å². The third kappa shape index (κ3) is 4.48. The van der Waals surface area contributed by atoms with Crippen molar-refractivity contribution in [2.45, 2.75) is 4.90 Å². The second-order valence-electron chi connectivity index (χ2n) is 6.46. The van der Waals surface area contributed by atoms with Crippen molar-refractivity contribution in [1.82, 2.24) is 4.98 Å². The van der Waals surface area contributed by atoms with E-state index in [0.717, 1.165) is 0 Å². The van der Waals surface area contributed by atoms with Crippen LogP contribution in [0.2, 0.25) is 0 Å². The van der Waals surface area contributed by atoms with E-state index in [1.54, 1.807) is 60.0 Å². The Morgan fingerprint density at radius 3 is 2.48 bits per heavy atom. The summed E-state index contributed by atoms with van der Waals surface area (Å²) in [4.78, 5) is 4.54. The molecule has 0 aliphatic heterocycles. The zero-order valence-electron chi connectivity index (χ0n) is 16.2. The zero-order valence-corrected chi connectivity index (χ0v) is 19.4. The summed E-state index contributed by atoms with van der Waals surface area (Å²) in [6, 6.07) is 18.1. The number of nitrogens with zero attached hydrogens (tertiary/aromatic N) is 1. The van der Waals surface area contributed by atoms with E-state index < -0.39 is 10.0 Å². The average Bonchev–Trinajstić information content (AvgIpc) is 3.24. The number of hydrogen-bond donors (Lipinski definition) is 1. The summed E-state index contributed by atoms with van der Waals surface area (Å²) in [5.41, 5.74) is 1.88. The van der Waals surface area contributed by atoms with Crippen LogP contribution in [0.4, 0.5) is 10.1 Å². The maximum Gasteiger partial charge on any atom is 0.265 e. The highest BCUT2D eigenvalue weighted by atomic mass is 79.9. The van der Waals surface area contributed by atoms with Crippen LogP contribution < -0.4 is 9.46 Å². The number of methoxy groups -OCH3 is 1. The van der Waals surface area contributed by atoms with Crippen molar-refractivity contribution >= 4 is 43.0 Å². The minimum absolute atomic E-state index is 0.00417. The SMILES string of the molecule is COc1ccc(Br)cc1S(=O)(=O)Nc1ccccc1-c1csc(-c2ccccc2F)n1. The number of para-hydroxylation sites is 1. The molecule has 0 bridgehead atoms. The molecule has 4 rings (SSSR count). The van der Waals surface area contributed by atoms with E-state index in [1.165, 1.54) is 30.6 Å². The maximum atomic E-state index is 14.1. The number of nitrogens with one attached hydrogen (secondary N) is 1. The molecule has 0 aliphatic rings. The van der Waals surface area contributed by atoms with E-state index in [0.29, 0.717) is 32.0 Å². The van der Waals surface area contributed by atoms with Gasteiger partial charge in [-0.1, -0.05) is 46.3 Å². The lowest BCUT2D eigenvalue weighted by molar-refractivity contribution is 0.403. The average molecular weight is 519 g/mol. The molecule has 31 heavy (non-hydrogen) atoms. The van der Waals surface area contributed by atoms with E-state index in [2.05, 4.69) is 25.6 Å². The smallest absolute Gasteiger partial charge is 0.265 e. The normalized spacial score (nSPS) is 11.3. The van der Waals surface area contributed by atoms with Crippen LogP contribution in [-0.2, 0) is 10.0 Å². The fourth-order valence-corrected chi connectivity index (χ4v) is 5.65. The molecule has 0 fully saturated rings. The summed E-state index contributed by atoms with van der Waals surface area (Å²) in [6.45, 7) is 0. The molecule has 4 aromatic rings. The molecule has 1 aromatic heterocycles. The lowest BCUT2D eigenvalue weighted by Crippen LogP contribution is -2.14. The number of rotatable bonds is 6. The molecular weight excluding hydrogens is 503 g/mol. The molecule has 0 aliphatic carbocycles. The van der Waals surface area contributed by atoms with Gasteiger partial charge in [-0.25, -0.2) is 17.8 Å². The first-order valence-electron chi connectivity index (χ1n) is 9.05. The van der Waals surface area contributed by atoms with Gasteiger partial charge in [-0.2, -0.15) is 0 Å². The lowest BCUT2D eigenvalue weighted by atomic mass is 10.1. The van der Waals surface area contributed by atoms with Crippen LogP contribution in [0.3, 0.4) is 0 Å². The highest BCUT2D eigenvalue weighted by Gasteiger charge is 2.22. The van der Waals surface area contributed by atoms with Gasteiger partial charge in [0.15, 0.2) is 0 Å². The van der Waals surface area contributed by atoms with Crippen LogP contribution in [0.25, 0.3) is 21.8 Å². The maximum absolute atomic E-state index is 14.1. The summed E-state index contributed by atoms with van der Waals surface area (Å²) < 4.78 is 48.8. The summed E-state index contributed by atoms with van der Waals surface area (Å²) in [7, 11) is -2.54. The molecule has 1 heterocycles. The first kappa shape index (κ1) is 21.5. The Hall–Kier alpha value is -2.75. The number of sulfonamides is 1. The third-order valence-electron chi connectivity index (χ3n) is 4.47. The van der Waals surface area contributed by atoms with E-state index in [1.807, 2.05) is 0 Å². The zero-order chi connectivity index (χ0) is 22.0. The molecule has 9 heteroatoms. The van der Waals surface area contributed by atoms with Crippen molar-refractivity contribution in [3.63, 3.8) is 0 Å².